The molecule has 0 bridgehead atoms. The number of likely N-dealkylation sites (N-methyl/N-ethyl adjacent to an activating group) is 1. The maximum absolute atomic E-state index is 13.5. The summed E-state index contributed by atoms with van der Waals surface area (Å²) in [5.41, 5.74) is 1.23. The number of rotatable bonds is 3. The fourth-order valence-corrected chi connectivity index (χ4v) is 3.02. The number of pyridine rings is 1. The van der Waals surface area contributed by atoms with Crippen molar-refractivity contribution in [2.24, 2.45) is 0 Å². The van der Waals surface area contributed by atoms with Gasteiger partial charge in [0.1, 0.15) is 11.9 Å². The van der Waals surface area contributed by atoms with Crippen molar-refractivity contribution < 1.29 is 8.78 Å². The van der Waals surface area contributed by atoms with E-state index in [1.165, 1.54) is 12.3 Å². The highest BCUT2D eigenvalue weighted by Gasteiger charge is 2.33. The molecular formula is C17H16F2N4. The van der Waals surface area contributed by atoms with Gasteiger partial charge in [0, 0.05) is 18.8 Å². The van der Waals surface area contributed by atoms with Crippen molar-refractivity contribution in [3.05, 3.63) is 59.3 Å². The van der Waals surface area contributed by atoms with Crippen molar-refractivity contribution in [1.82, 2.24) is 9.88 Å². The van der Waals surface area contributed by atoms with Crippen molar-refractivity contribution >= 4 is 5.82 Å². The Hall–Kier alpha value is -2.52. The molecule has 0 spiro atoms. The summed E-state index contributed by atoms with van der Waals surface area (Å²) in [6.45, 7) is 0.845. The maximum atomic E-state index is 13.5. The number of nitrogens with zero attached hydrogens (tertiary/aromatic N) is 3. The molecule has 1 fully saturated rings. The Morgan fingerprint density at radius 3 is 2.74 bits per heavy atom. The Bertz CT molecular complexity index is 739. The molecule has 1 aliphatic rings. The maximum Gasteiger partial charge on any atom is 0.159 e. The lowest BCUT2D eigenvalue weighted by Crippen LogP contribution is -2.29. The first-order valence-corrected chi connectivity index (χ1v) is 7.36. The highest BCUT2D eigenvalue weighted by atomic mass is 19.2. The van der Waals surface area contributed by atoms with E-state index in [0.29, 0.717) is 11.4 Å². The number of hydrogen-bond donors (Lipinski definition) is 1. The van der Waals surface area contributed by atoms with Crippen LogP contribution in [-0.4, -0.2) is 29.5 Å². The number of anilines is 1. The number of hydrogen-bond acceptors (Lipinski definition) is 4. The van der Waals surface area contributed by atoms with Gasteiger partial charge < -0.3 is 5.32 Å². The van der Waals surface area contributed by atoms with Crippen LogP contribution in [0.3, 0.4) is 0 Å². The van der Waals surface area contributed by atoms with E-state index in [-0.39, 0.29) is 12.1 Å². The fourth-order valence-electron chi connectivity index (χ4n) is 3.02. The van der Waals surface area contributed by atoms with Crippen molar-refractivity contribution in [1.29, 1.82) is 5.26 Å². The van der Waals surface area contributed by atoms with E-state index >= 15 is 0 Å². The van der Waals surface area contributed by atoms with E-state index in [4.69, 9.17) is 5.26 Å². The highest BCUT2D eigenvalue weighted by Crippen LogP contribution is 2.33. The SMILES string of the molecule is CN1CC[C@H](Nc2ccc(C#N)cn2)[C@@H]1c1ccc(F)c(F)c1. The van der Waals surface area contributed by atoms with Crippen LogP contribution in [0.1, 0.15) is 23.6 Å². The molecule has 0 radical (unpaired) electrons. The van der Waals surface area contributed by atoms with E-state index < -0.39 is 11.6 Å². The summed E-state index contributed by atoms with van der Waals surface area (Å²) >= 11 is 0. The van der Waals surface area contributed by atoms with E-state index in [9.17, 15) is 8.78 Å². The number of benzene rings is 1. The molecule has 1 aliphatic heterocycles. The first-order chi connectivity index (χ1) is 11.1. The van der Waals surface area contributed by atoms with Crippen LogP contribution in [0.25, 0.3) is 0 Å². The van der Waals surface area contributed by atoms with Gasteiger partial charge in [-0.15, -0.1) is 0 Å². The predicted octanol–water partition coefficient (Wildman–Crippen LogP) is 3.09. The summed E-state index contributed by atoms with van der Waals surface area (Å²) in [6, 6.07) is 9.47. The second-order valence-electron chi connectivity index (χ2n) is 5.68. The predicted molar refractivity (Wildman–Crippen MR) is 82.7 cm³/mol. The van der Waals surface area contributed by atoms with Crippen molar-refractivity contribution in [2.45, 2.75) is 18.5 Å². The van der Waals surface area contributed by atoms with Crippen molar-refractivity contribution in [2.75, 3.05) is 18.9 Å². The average Bonchev–Trinajstić information content (AvgIpc) is 2.91. The molecule has 6 heteroatoms. The molecule has 0 unspecified atom stereocenters. The van der Waals surface area contributed by atoms with Crippen LogP contribution < -0.4 is 5.32 Å². The normalized spacial score (nSPS) is 21.1. The Labute approximate surface area is 133 Å². The summed E-state index contributed by atoms with van der Waals surface area (Å²) in [5.74, 6) is -1.01. The molecular weight excluding hydrogens is 298 g/mol. The third-order valence-corrected chi connectivity index (χ3v) is 4.16. The van der Waals surface area contributed by atoms with Crippen LogP contribution in [0.2, 0.25) is 0 Å². The van der Waals surface area contributed by atoms with Crippen LogP contribution >= 0.6 is 0 Å². The van der Waals surface area contributed by atoms with Gasteiger partial charge in [-0.05, 0) is 43.3 Å². The van der Waals surface area contributed by atoms with E-state index in [0.717, 1.165) is 24.6 Å². The van der Waals surface area contributed by atoms with Crippen LogP contribution in [0, 0.1) is 23.0 Å². The molecule has 1 aromatic carbocycles. The zero-order valence-electron chi connectivity index (χ0n) is 12.6. The summed E-state index contributed by atoms with van der Waals surface area (Å²) in [7, 11) is 1.96. The lowest BCUT2D eigenvalue weighted by atomic mass is 10.00. The molecule has 0 amide bonds. The Morgan fingerprint density at radius 1 is 1.26 bits per heavy atom. The Balaban J connectivity index is 1.82. The second-order valence-corrected chi connectivity index (χ2v) is 5.68. The number of nitrogens with one attached hydrogen (secondary N) is 1. The van der Waals surface area contributed by atoms with Gasteiger partial charge in [0.05, 0.1) is 11.6 Å². The molecule has 118 valence electrons. The number of likely N-dealkylation sites (tertiary alicyclic amines) is 1. The van der Waals surface area contributed by atoms with Gasteiger partial charge in [-0.3, -0.25) is 4.90 Å². The van der Waals surface area contributed by atoms with Crippen LogP contribution in [0.5, 0.6) is 0 Å². The summed E-state index contributed by atoms with van der Waals surface area (Å²) in [6.07, 6.45) is 2.37. The third-order valence-electron chi connectivity index (χ3n) is 4.16. The number of nitriles is 1. The number of aromatic nitrogens is 1. The van der Waals surface area contributed by atoms with Gasteiger partial charge in [-0.2, -0.15) is 5.26 Å². The minimum Gasteiger partial charge on any atom is -0.365 e. The van der Waals surface area contributed by atoms with Gasteiger partial charge in [0.15, 0.2) is 11.6 Å². The monoisotopic (exact) mass is 314 g/mol. The summed E-state index contributed by atoms with van der Waals surface area (Å²) in [4.78, 5) is 6.32. The van der Waals surface area contributed by atoms with Crippen molar-refractivity contribution in [3.63, 3.8) is 0 Å². The van der Waals surface area contributed by atoms with E-state index in [1.807, 2.05) is 13.1 Å². The van der Waals surface area contributed by atoms with Gasteiger partial charge in [0.2, 0.25) is 0 Å². The quantitative estimate of drug-likeness (QED) is 0.946. The minimum absolute atomic E-state index is 0.0327. The van der Waals surface area contributed by atoms with Crippen LogP contribution in [0.15, 0.2) is 36.5 Å². The minimum atomic E-state index is -0.840. The lowest BCUT2D eigenvalue weighted by Gasteiger charge is -2.26. The number of halogens is 2. The van der Waals surface area contributed by atoms with Crippen molar-refractivity contribution in [3.8, 4) is 6.07 Å². The van der Waals surface area contributed by atoms with Gasteiger partial charge in [-0.1, -0.05) is 6.07 Å². The van der Waals surface area contributed by atoms with Gasteiger partial charge in [0.25, 0.3) is 0 Å². The molecule has 0 aliphatic carbocycles. The van der Waals surface area contributed by atoms with E-state index in [1.54, 1.807) is 18.2 Å². The third kappa shape index (κ3) is 3.15. The summed E-state index contributed by atoms with van der Waals surface area (Å²) in [5, 5.41) is 12.1. The van der Waals surface area contributed by atoms with Crippen LogP contribution in [-0.2, 0) is 0 Å². The molecule has 1 saturated heterocycles. The lowest BCUT2D eigenvalue weighted by molar-refractivity contribution is 0.307. The molecule has 0 saturated carbocycles. The molecule has 4 nitrogen and oxygen atoms in total. The van der Waals surface area contributed by atoms with E-state index in [2.05, 4.69) is 15.2 Å². The molecule has 1 N–H and O–H groups in total. The van der Waals surface area contributed by atoms with Gasteiger partial charge in [-0.25, -0.2) is 13.8 Å². The second kappa shape index (κ2) is 6.31. The zero-order chi connectivity index (χ0) is 16.4. The van der Waals surface area contributed by atoms with Gasteiger partial charge >= 0.3 is 0 Å². The Kier molecular flexibility index (Phi) is 4.22. The molecule has 3 rings (SSSR count). The largest absolute Gasteiger partial charge is 0.365 e. The first-order valence-electron chi connectivity index (χ1n) is 7.36. The fraction of sp³-hybridized carbons (Fsp3) is 0.294. The highest BCUT2D eigenvalue weighted by molar-refractivity contribution is 5.41. The molecule has 2 heterocycles. The molecule has 2 aromatic rings. The first kappa shape index (κ1) is 15.4. The summed E-state index contributed by atoms with van der Waals surface area (Å²) < 4.78 is 26.7. The average molecular weight is 314 g/mol. The molecule has 23 heavy (non-hydrogen) atoms. The Morgan fingerprint density at radius 2 is 2.09 bits per heavy atom. The van der Waals surface area contributed by atoms with Crippen LogP contribution in [0.4, 0.5) is 14.6 Å². The molecule has 1 aromatic heterocycles. The standard InChI is InChI=1S/C17H16F2N4/c1-23-7-6-15(22-16-5-2-11(9-20)10-21-16)17(23)12-3-4-13(18)14(19)8-12/h2-5,8,10,15,17H,6-7H2,1H3,(H,21,22)/t15-,17-/m0/s1. The molecule has 2 atom stereocenters. The smallest absolute Gasteiger partial charge is 0.159 e. The topological polar surface area (TPSA) is 52.0 Å². The zero-order valence-corrected chi connectivity index (χ0v) is 12.6.